The summed E-state index contributed by atoms with van der Waals surface area (Å²) in [5.74, 6) is 1.34. The predicted octanol–water partition coefficient (Wildman–Crippen LogP) is 1.83. The largest absolute Gasteiger partial charge is 0.454 e. The highest BCUT2D eigenvalue weighted by Gasteiger charge is 2.34. The third kappa shape index (κ3) is 1.92. The highest BCUT2D eigenvalue weighted by atomic mass is 32.1. The van der Waals surface area contributed by atoms with Crippen LogP contribution in [0.25, 0.3) is 6.08 Å². The van der Waals surface area contributed by atoms with Crippen LogP contribution in [0.15, 0.2) is 23.9 Å². The summed E-state index contributed by atoms with van der Waals surface area (Å²) in [4.78, 5) is 15.5. The molecule has 1 fully saturated rings. The first-order valence-electron chi connectivity index (χ1n) is 6.32. The summed E-state index contributed by atoms with van der Waals surface area (Å²) < 4.78 is 10.6. The van der Waals surface area contributed by atoms with Gasteiger partial charge in [0, 0.05) is 13.6 Å². The van der Waals surface area contributed by atoms with Gasteiger partial charge in [0.15, 0.2) is 16.6 Å². The fourth-order valence-electron chi connectivity index (χ4n) is 2.26. The molecule has 1 aromatic rings. The molecule has 2 aliphatic heterocycles. The van der Waals surface area contributed by atoms with Gasteiger partial charge in [-0.1, -0.05) is 6.07 Å². The molecular weight excluding hydrogens is 276 g/mol. The molecule has 0 aliphatic carbocycles. The summed E-state index contributed by atoms with van der Waals surface area (Å²) in [5, 5.41) is 0.532. The van der Waals surface area contributed by atoms with Crippen LogP contribution >= 0.6 is 12.2 Å². The quantitative estimate of drug-likeness (QED) is 0.614. The number of benzene rings is 1. The molecule has 0 aromatic heterocycles. The van der Waals surface area contributed by atoms with E-state index in [1.54, 1.807) is 7.05 Å². The van der Waals surface area contributed by atoms with Crippen LogP contribution in [0.4, 0.5) is 0 Å². The van der Waals surface area contributed by atoms with Crippen molar-refractivity contribution in [3.63, 3.8) is 0 Å². The summed E-state index contributed by atoms with van der Waals surface area (Å²) in [5.41, 5.74) is 1.47. The van der Waals surface area contributed by atoms with E-state index in [-0.39, 0.29) is 12.7 Å². The molecule has 2 aliphatic rings. The smallest absolute Gasteiger partial charge is 0.276 e. The van der Waals surface area contributed by atoms with Gasteiger partial charge in [0.05, 0.1) is 0 Å². The molecule has 5 nitrogen and oxygen atoms in total. The molecule has 0 bridgehead atoms. The van der Waals surface area contributed by atoms with Gasteiger partial charge >= 0.3 is 0 Å². The minimum absolute atomic E-state index is 0.0884. The summed E-state index contributed by atoms with van der Waals surface area (Å²) in [6, 6.07) is 5.59. The second-order valence-corrected chi connectivity index (χ2v) is 4.90. The number of rotatable bonds is 2. The summed E-state index contributed by atoms with van der Waals surface area (Å²) in [6.07, 6.45) is 1.82. The van der Waals surface area contributed by atoms with Crippen molar-refractivity contribution in [3.8, 4) is 11.5 Å². The lowest BCUT2D eigenvalue weighted by Gasteiger charge is -2.15. The van der Waals surface area contributed by atoms with Gasteiger partial charge in [-0.3, -0.25) is 9.69 Å². The topological polar surface area (TPSA) is 42.0 Å². The summed E-state index contributed by atoms with van der Waals surface area (Å²) in [6.45, 7) is 2.86. The van der Waals surface area contributed by atoms with E-state index in [0.717, 1.165) is 11.3 Å². The molecule has 3 rings (SSSR count). The Morgan fingerprint density at radius 3 is 2.85 bits per heavy atom. The highest BCUT2D eigenvalue weighted by molar-refractivity contribution is 7.80. The fraction of sp³-hybridized carbons (Fsp3) is 0.286. The fourth-order valence-corrected chi connectivity index (χ4v) is 2.57. The average Bonchev–Trinajstić information content (AvgIpc) is 2.99. The van der Waals surface area contributed by atoms with Gasteiger partial charge in [-0.25, -0.2) is 0 Å². The lowest BCUT2D eigenvalue weighted by atomic mass is 10.1. The standard InChI is InChI=1S/C14H14N2O3S/c1-3-16-10(13(17)15(2)14(16)20)6-9-4-5-11-12(7-9)19-8-18-11/h4-7H,3,8H2,1-2H3. The minimum atomic E-state index is -0.0884. The number of amides is 1. The molecule has 0 unspecified atom stereocenters. The second-order valence-electron chi connectivity index (χ2n) is 4.53. The average molecular weight is 290 g/mol. The molecule has 1 saturated heterocycles. The van der Waals surface area contributed by atoms with Crippen LogP contribution in [0.2, 0.25) is 0 Å². The Morgan fingerprint density at radius 1 is 1.35 bits per heavy atom. The zero-order valence-corrected chi connectivity index (χ0v) is 12.1. The molecule has 20 heavy (non-hydrogen) atoms. The van der Waals surface area contributed by atoms with Crippen LogP contribution < -0.4 is 9.47 Å². The number of thiocarbonyl (C=S) groups is 1. The second kappa shape index (κ2) is 4.79. The van der Waals surface area contributed by atoms with Crippen molar-refractivity contribution in [1.29, 1.82) is 0 Å². The maximum Gasteiger partial charge on any atom is 0.276 e. The Kier molecular flexibility index (Phi) is 3.10. The number of ether oxygens (including phenoxy) is 2. The van der Waals surface area contributed by atoms with E-state index >= 15 is 0 Å². The molecule has 0 saturated carbocycles. The van der Waals surface area contributed by atoms with E-state index in [0.29, 0.717) is 23.1 Å². The van der Waals surface area contributed by atoms with Crippen molar-refractivity contribution in [2.75, 3.05) is 20.4 Å². The van der Waals surface area contributed by atoms with Crippen molar-refractivity contribution >= 4 is 29.3 Å². The Hall–Kier alpha value is -2.08. The third-order valence-electron chi connectivity index (χ3n) is 3.35. The van der Waals surface area contributed by atoms with Crippen molar-refractivity contribution in [2.45, 2.75) is 6.92 Å². The van der Waals surface area contributed by atoms with Crippen LogP contribution in [0.3, 0.4) is 0 Å². The predicted molar refractivity (Wildman–Crippen MR) is 78.3 cm³/mol. The number of fused-ring (bicyclic) bond motifs is 1. The maximum atomic E-state index is 12.2. The van der Waals surface area contributed by atoms with Gasteiger partial charge in [-0.2, -0.15) is 0 Å². The number of hydrogen-bond acceptors (Lipinski definition) is 4. The van der Waals surface area contributed by atoms with E-state index in [4.69, 9.17) is 21.7 Å². The first-order valence-corrected chi connectivity index (χ1v) is 6.73. The summed E-state index contributed by atoms with van der Waals surface area (Å²) >= 11 is 5.26. The maximum absolute atomic E-state index is 12.2. The molecule has 0 atom stereocenters. The lowest BCUT2D eigenvalue weighted by Crippen LogP contribution is -2.29. The minimum Gasteiger partial charge on any atom is -0.454 e. The van der Waals surface area contributed by atoms with Crippen molar-refractivity contribution in [2.24, 2.45) is 0 Å². The van der Waals surface area contributed by atoms with Crippen molar-refractivity contribution < 1.29 is 14.3 Å². The van der Waals surface area contributed by atoms with Gasteiger partial charge in [0.1, 0.15) is 5.70 Å². The number of carbonyl (C=O) groups excluding carboxylic acids is 1. The SMILES string of the molecule is CCN1C(=S)N(C)C(=O)C1=Cc1ccc2c(c1)OCO2. The van der Waals surface area contributed by atoms with Crippen LogP contribution in [-0.2, 0) is 4.79 Å². The monoisotopic (exact) mass is 290 g/mol. The molecule has 0 spiro atoms. The van der Waals surface area contributed by atoms with Crippen LogP contribution in [0, 0.1) is 0 Å². The first-order chi connectivity index (χ1) is 9.61. The zero-order valence-electron chi connectivity index (χ0n) is 11.3. The summed E-state index contributed by atoms with van der Waals surface area (Å²) in [7, 11) is 1.69. The van der Waals surface area contributed by atoms with Crippen LogP contribution in [-0.4, -0.2) is 41.2 Å². The molecule has 104 valence electrons. The van der Waals surface area contributed by atoms with E-state index in [1.807, 2.05) is 36.1 Å². The molecule has 0 radical (unpaired) electrons. The van der Waals surface area contributed by atoms with Crippen molar-refractivity contribution in [1.82, 2.24) is 9.80 Å². The van der Waals surface area contributed by atoms with Crippen molar-refractivity contribution in [3.05, 3.63) is 29.5 Å². The van der Waals surface area contributed by atoms with Gasteiger partial charge in [0.2, 0.25) is 6.79 Å². The van der Waals surface area contributed by atoms with Gasteiger partial charge in [0.25, 0.3) is 5.91 Å². The third-order valence-corrected chi connectivity index (χ3v) is 3.84. The molecular formula is C14H14N2O3S. The highest BCUT2D eigenvalue weighted by Crippen LogP contribution is 2.33. The van der Waals surface area contributed by atoms with Crippen LogP contribution in [0.5, 0.6) is 11.5 Å². The lowest BCUT2D eigenvalue weighted by molar-refractivity contribution is -0.121. The zero-order chi connectivity index (χ0) is 14.3. The number of nitrogens with zero attached hydrogens (tertiary/aromatic N) is 2. The molecule has 1 aromatic carbocycles. The Morgan fingerprint density at radius 2 is 2.10 bits per heavy atom. The van der Waals surface area contributed by atoms with E-state index in [2.05, 4.69) is 0 Å². The number of carbonyl (C=O) groups is 1. The Balaban J connectivity index is 1.98. The number of likely N-dealkylation sites (N-methyl/N-ethyl adjacent to an activating group) is 2. The normalized spacial score (nSPS) is 19.4. The molecule has 1 amide bonds. The number of hydrogen-bond donors (Lipinski definition) is 0. The van der Waals surface area contributed by atoms with Crippen LogP contribution in [0.1, 0.15) is 12.5 Å². The van der Waals surface area contributed by atoms with Gasteiger partial charge in [-0.05, 0) is 42.9 Å². The Labute approximate surface area is 122 Å². The Bertz CT molecular complexity index is 627. The first kappa shape index (κ1) is 12.9. The molecule has 6 heteroatoms. The van der Waals surface area contributed by atoms with E-state index in [1.165, 1.54) is 4.90 Å². The molecule has 0 N–H and O–H groups in total. The van der Waals surface area contributed by atoms with Gasteiger partial charge in [-0.15, -0.1) is 0 Å². The van der Waals surface area contributed by atoms with Gasteiger partial charge < -0.3 is 14.4 Å². The van der Waals surface area contributed by atoms with E-state index < -0.39 is 0 Å². The van der Waals surface area contributed by atoms with E-state index in [9.17, 15) is 4.79 Å². The molecule has 2 heterocycles.